The summed E-state index contributed by atoms with van der Waals surface area (Å²) in [6.45, 7) is 4.03. The molecule has 1 aliphatic heterocycles. The highest BCUT2D eigenvalue weighted by Crippen LogP contribution is 2.35. The Hall–Kier alpha value is -2.29. The van der Waals surface area contributed by atoms with Crippen molar-refractivity contribution in [1.82, 2.24) is 4.98 Å². The topological polar surface area (TPSA) is 31.4 Å². The first-order valence-electron chi connectivity index (χ1n) is 5.34. The second-order valence-corrected chi connectivity index (χ2v) is 3.78. The zero-order valence-corrected chi connectivity index (χ0v) is 9.22. The van der Waals surface area contributed by atoms with E-state index in [1.807, 2.05) is 30.5 Å². The van der Waals surface area contributed by atoms with Crippen LogP contribution in [0.15, 0.2) is 43.2 Å². The molecule has 0 N–H and O–H groups in total. The van der Waals surface area contributed by atoms with Crippen molar-refractivity contribution in [2.45, 2.75) is 0 Å². The molecule has 3 rings (SSSR count). The molecule has 2 heterocycles. The van der Waals surface area contributed by atoms with Crippen LogP contribution in [0, 0.1) is 0 Å². The molecule has 0 saturated carbocycles. The number of nitrogens with zero attached hydrogens (tertiary/aromatic N) is 1. The first kappa shape index (κ1) is 9.90. The highest BCUT2D eigenvalue weighted by molar-refractivity contribution is 5.69. The van der Waals surface area contributed by atoms with Crippen LogP contribution in [0.3, 0.4) is 0 Å². The van der Waals surface area contributed by atoms with Gasteiger partial charge >= 0.3 is 0 Å². The van der Waals surface area contributed by atoms with E-state index in [1.54, 1.807) is 12.3 Å². The zero-order valence-electron chi connectivity index (χ0n) is 9.22. The van der Waals surface area contributed by atoms with E-state index in [0.29, 0.717) is 6.79 Å². The largest absolute Gasteiger partial charge is 0.454 e. The van der Waals surface area contributed by atoms with E-state index in [-0.39, 0.29) is 0 Å². The molecule has 0 radical (unpaired) electrons. The first-order valence-corrected chi connectivity index (χ1v) is 5.34. The minimum absolute atomic E-state index is 0.295. The van der Waals surface area contributed by atoms with E-state index in [2.05, 4.69) is 11.6 Å². The molecule has 1 aromatic carbocycles. The van der Waals surface area contributed by atoms with Crippen LogP contribution in [0.4, 0.5) is 0 Å². The Bertz CT molecular complexity index is 578. The van der Waals surface area contributed by atoms with Crippen molar-refractivity contribution in [3.8, 4) is 22.6 Å². The summed E-state index contributed by atoms with van der Waals surface area (Å²) in [6.07, 6.45) is 5.39. The first-order chi connectivity index (χ1) is 8.36. The summed E-state index contributed by atoms with van der Waals surface area (Å²) in [6, 6.07) is 7.92. The maximum absolute atomic E-state index is 5.35. The molecule has 0 saturated heterocycles. The SMILES string of the molecule is C=Cc1cncc(-c2ccc3c(c2)OCO3)c1. The Labute approximate surface area is 99.3 Å². The van der Waals surface area contributed by atoms with Crippen molar-refractivity contribution in [2.24, 2.45) is 0 Å². The summed E-state index contributed by atoms with van der Waals surface area (Å²) in [4.78, 5) is 4.18. The third-order valence-electron chi connectivity index (χ3n) is 2.70. The number of aromatic nitrogens is 1. The summed E-state index contributed by atoms with van der Waals surface area (Å²) < 4.78 is 10.6. The maximum Gasteiger partial charge on any atom is 0.231 e. The number of rotatable bonds is 2. The second kappa shape index (κ2) is 3.94. The van der Waals surface area contributed by atoms with Crippen LogP contribution in [0.5, 0.6) is 11.5 Å². The van der Waals surface area contributed by atoms with Gasteiger partial charge in [-0.15, -0.1) is 0 Å². The second-order valence-electron chi connectivity index (χ2n) is 3.78. The van der Waals surface area contributed by atoms with Crippen molar-refractivity contribution in [3.05, 3.63) is 48.8 Å². The third kappa shape index (κ3) is 1.76. The van der Waals surface area contributed by atoms with Gasteiger partial charge in [0.05, 0.1) is 0 Å². The molecule has 3 heteroatoms. The zero-order chi connectivity index (χ0) is 11.7. The lowest BCUT2D eigenvalue weighted by molar-refractivity contribution is 0.174. The van der Waals surface area contributed by atoms with Gasteiger partial charge in [-0.05, 0) is 29.3 Å². The standard InChI is InChI=1S/C14H11NO2/c1-2-10-5-12(8-15-7-10)11-3-4-13-14(6-11)17-9-16-13/h2-8H,1,9H2. The van der Waals surface area contributed by atoms with Gasteiger partial charge in [0.15, 0.2) is 11.5 Å². The predicted octanol–water partition coefficient (Wildman–Crippen LogP) is 3.12. The summed E-state index contributed by atoms with van der Waals surface area (Å²) in [7, 11) is 0. The van der Waals surface area contributed by atoms with E-state index < -0.39 is 0 Å². The summed E-state index contributed by atoms with van der Waals surface area (Å²) in [5.74, 6) is 1.58. The summed E-state index contributed by atoms with van der Waals surface area (Å²) >= 11 is 0. The normalized spacial score (nSPS) is 12.5. The van der Waals surface area contributed by atoms with Crippen molar-refractivity contribution in [3.63, 3.8) is 0 Å². The van der Waals surface area contributed by atoms with E-state index in [1.165, 1.54) is 0 Å². The Morgan fingerprint density at radius 2 is 1.94 bits per heavy atom. The Balaban J connectivity index is 2.06. The number of benzene rings is 1. The molecule has 84 valence electrons. The lowest BCUT2D eigenvalue weighted by Crippen LogP contribution is -1.92. The van der Waals surface area contributed by atoms with Crippen LogP contribution < -0.4 is 9.47 Å². The van der Waals surface area contributed by atoms with Gasteiger partial charge in [-0.2, -0.15) is 0 Å². The van der Waals surface area contributed by atoms with Crippen LogP contribution in [-0.2, 0) is 0 Å². The molecule has 3 nitrogen and oxygen atoms in total. The van der Waals surface area contributed by atoms with Gasteiger partial charge < -0.3 is 9.47 Å². The Kier molecular flexibility index (Phi) is 2.29. The molecule has 0 bridgehead atoms. The van der Waals surface area contributed by atoms with E-state index >= 15 is 0 Å². The van der Waals surface area contributed by atoms with Gasteiger partial charge in [-0.25, -0.2) is 0 Å². The van der Waals surface area contributed by atoms with Crippen LogP contribution in [0.2, 0.25) is 0 Å². The maximum atomic E-state index is 5.35. The highest BCUT2D eigenvalue weighted by atomic mass is 16.7. The molecular weight excluding hydrogens is 214 g/mol. The molecule has 1 aromatic heterocycles. The quantitative estimate of drug-likeness (QED) is 0.786. The summed E-state index contributed by atoms with van der Waals surface area (Å²) in [5, 5.41) is 0. The van der Waals surface area contributed by atoms with Crippen molar-refractivity contribution >= 4 is 6.08 Å². The summed E-state index contributed by atoms with van der Waals surface area (Å²) in [5.41, 5.74) is 3.10. The lowest BCUT2D eigenvalue weighted by atomic mass is 10.1. The third-order valence-corrected chi connectivity index (χ3v) is 2.70. The number of ether oxygens (including phenoxy) is 2. The molecule has 0 unspecified atom stereocenters. The van der Waals surface area contributed by atoms with Gasteiger partial charge in [0, 0.05) is 18.0 Å². The predicted molar refractivity (Wildman–Crippen MR) is 65.9 cm³/mol. The number of pyridine rings is 1. The Morgan fingerprint density at radius 3 is 2.82 bits per heavy atom. The van der Waals surface area contributed by atoms with E-state index in [4.69, 9.17) is 9.47 Å². The lowest BCUT2D eigenvalue weighted by Gasteiger charge is -2.03. The molecule has 0 spiro atoms. The molecule has 0 amide bonds. The molecule has 0 atom stereocenters. The van der Waals surface area contributed by atoms with Gasteiger partial charge in [0.2, 0.25) is 6.79 Å². The number of hydrogen-bond donors (Lipinski definition) is 0. The van der Waals surface area contributed by atoms with Gasteiger partial charge in [0.25, 0.3) is 0 Å². The van der Waals surface area contributed by atoms with Crippen molar-refractivity contribution in [2.75, 3.05) is 6.79 Å². The van der Waals surface area contributed by atoms with E-state index in [9.17, 15) is 0 Å². The van der Waals surface area contributed by atoms with Crippen molar-refractivity contribution < 1.29 is 9.47 Å². The molecule has 17 heavy (non-hydrogen) atoms. The van der Waals surface area contributed by atoms with Crippen LogP contribution >= 0.6 is 0 Å². The highest BCUT2D eigenvalue weighted by Gasteiger charge is 2.13. The fourth-order valence-electron chi connectivity index (χ4n) is 1.80. The van der Waals surface area contributed by atoms with Crippen LogP contribution in [-0.4, -0.2) is 11.8 Å². The Morgan fingerprint density at radius 1 is 1.06 bits per heavy atom. The molecule has 0 aliphatic carbocycles. The van der Waals surface area contributed by atoms with Gasteiger partial charge in [0.1, 0.15) is 0 Å². The van der Waals surface area contributed by atoms with Crippen LogP contribution in [0.25, 0.3) is 17.2 Å². The number of fused-ring (bicyclic) bond motifs is 1. The fraction of sp³-hybridized carbons (Fsp3) is 0.0714. The molecule has 1 aliphatic rings. The van der Waals surface area contributed by atoms with Gasteiger partial charge in [-0.3, -0.25) is 4.98 Å². The van der Waals surface area contributed by atoms with Crippen LogP contribution in [0.1, 0.15) is 5.56 Å². The number of hydrogen-bond acceptors (Lipinski definition) is 3. The smallest absolute Gasteiger partial charge is 0.231 e. The molecule has 2 aromatic rings. The average molecular weight is 225 g/mol. The fourth-order valence-corrected chi connectivity index (χ4v) is 1.80. The average Bonchev–Trinajstić information content (AvgIpc) is 2.86. The minimum atomic E-state index is 0.295. The van der Waals surface area contributed by atoms with E-state index in [0.717, 1.165) is 28.2 Å². The molecule has 0 fully saturated rings. The van der Waals surface area contributed by atoms with Crippen molar-refractivity contribution in [1.29, 1.82) is 0 Å². The van der Waals surface area contributed by atoms with Gasteiger partial charge in [-0.1, -0.05) is 18.7 Å². The monoisotopic (exact) mass is 225 g/mol. The molecular formula is C14H11NO2. The minimum Gasteiger partial charge on any atom is -0.454 e.